The second-order valence-corrected chi connectivity index (χ2v) is 11.9. The minimum Gasteiger partial charge on any atom is -0.466 e. The largest absolute Gasteiger partial charge is 0.466 e. The molecule has 21 heavy (non-hydrogen) atoms. The van der Waals surface area contributed by atoms with Crippen LogP contribution in [-0.2, 0) is 18.8 Å². The Morgan fingerprint density at radius 3 is 2.29 bits per heavy atom. The molecular formula is C15H27NO4Si. The van der Waals surface area contributed by atoms with Crippen molar-refractivity contribution in [2.24, 2.45) is 5.92 Å². The highest BCUT2D eigenvalue weighted by Crippen LogP contribution is 2.39. The molecule has 1 aliphatic heterocycles. The number of amides is 1. The molecule has 0 saturated carbocycles. The molecule has 1 rings (SSSR count). The number of methoxy groups -OCH3 is 1. The van der Waals surface area contributed by atoms with Crippen LogP contribution in [-0.4, -0.2) is 39.4 Å². The summed E-state index contributed by atoms with van der Waals surface area (Å²) in [6, 6.07) is -0.398. The third kappa shape index (κ3) is 3.55. The van der Waals surface area contributed by atoms with Gasteiger partial charge in [-0.2, -0.15) is 0 Å². The SMILES string of the molecule is C=C(C(=O)OC)[C@H]1NC(=O)[C@@H]1[C@@H](C)O[Si](C)(C)C(C)(C)C. The molecule has 0 aromatic carbocycles. The maximum atomic E-state index is 11.9. The van der Waals surface area contributed by atoms with Crippen molar-refractivity contribution in [3.63, 3.8) is 0 Å². The van der Waals surface area contributed by atoms with E-state index in [0.29, 0.717) is 0 Å². The van der Waals surface area contributed by atoms with Crippen LogP contribution in [0, 0.1) is 5.92 Å². The highest BCUT2D eigenvalue weighted by atomic mass is 28.4. The normalized spacial score (nSPS) is 23.9. The van der Waals surface area contributed by atoms with Gasteiger partial charge in [-0.15, -0.1) is 0 Å². The van der Waals surface area contributed by atoms with Crippen molar-refractivity contribution in [1.29, 1.82) is 0 Å². The first-order valence-electron chi connectivity index (χ1n) is 7.17. The summed E-state index contributed by atoms with van der Waals surface area (Å²) in [6.07, 6.45) is -0.258. The molecule has 1 N–H and O–H groups in total. The summed E-state index contributed by atoms with van der Waals surface area (Å²) in [5.74, 6) is -0.980. The summed E-state index contributed by atoms with van der Waals surface area (Å²) >= 11 is 0. The molecule has 3 atom stereocenters. The second kappa shape index (κ2) is 5.92. The zero-order valence-electron chi connectivity index (χ0n) is 14.1. The Morgan fingerprint density at radius 1 is 1.38 bits per heavy atom. The molecule has 1 aliphatic rings. The Hall–Kier alpha value is -1.14. The molecule has 120 valence electrons. The molecule has 1 amide bonds. The van der Waals surface area contributed by atoms with E-state index in [-0.39, 0.29) is 28.5 Å². The lowest BCUT2D eigenvalue weighted by atomic mass is 9.82. The smallest absolute Gasteiger partial charge is 0.335 e. The van der Waals surface area contributed by atoms with Gasteiger partial charge in [-0.3, -0.25) is 4.79 Å². The van der Waals surface area contributed by atoms with E-state index in [9.17, 15) is 9.59 Å². The highest BCUT2D eigenvalue weighted by Gasteiger charge is 2.49. The van der Waals surface area contributed by atoms with Crippen molar-refractivity contribution in [2.75, 3.05) is 7.11 Å². The van der Waals surface area contributed by atoms with Crippen LogP contribution in [0.4, 0.5) is 0 Å². The van der Waals surface area contributed by atoms with Gasteiger partial charge in [0.1, 0.15) is 0 Å². The second-order valence-electron chi connectivity index (χ2n) is 7.11. The first-order valence-corrected chi connectivity index (χ1v) is 10.1. The van der Waals surface area contributed by atoms with Crippen LogP contribution in [0.15, 0.2) is 12.2 Å². The number of nitrogens with one attached hydrogen (secondary N) is 1. The number of ether oxygens (including phenoxy) is 1. The monoisotopic (exact) mass is 313 g/mol. The van der Waals surface area contributed by atoms with E-state index in [2.05, 4.69) is 50.5 Å². The maximum absolute atomic E-state index is 11.9. The van der Waals surface area contributed by atoms with Crippen molar-refractivity contribution in [3.05, 3.63) is 12.2 Å². The molecule has 0 aromatic heterocycles. The van der Waals surface area contributed by atoms with Crippen LogP contribution in [0.2, 0.25) is 18.1 Å². The summed E-state index contributed by atoms with van der Waals surface area (Å²) in [5, 5.41) is 2.78. The molecule has 1 saturated heterocycles. The molecule has 0 radical (unpaired) electrons. The number of rotatable bonds is 5. The fraction of sp³-hybridized carbons (Fsp3) is 0.733. The minimum atomic E-state index is -1.97. The maximum Gasteiger partial charge on any atom is 0.335 e. The molecule has 1 heterocycles. The van der Waals surface area contributed by atoms with Gasteiger partial charge in [0.2, 0.25) is 5.91 Å². The predicted molar refractivity (Wildman–Crippen MR) is 84.3 cm³/mol. The van der Waals surface area contributed by atoms with Crippen molar-refractivity contribution < 1.29 is 18.8 Å². The van der Waals surface area contributed by atoms with Gasteiger partial charge in [0.25, 0.3) is 0 Å². The van der Waals surface area contributed by atoms with E-state index in [0.717, 1.165) is 0 Å². The Kier molecular flexibility index (Phi) is 5.05. The van der Waals surface area contributed by atoms with E-state index in [1.54, 1.807) is 0 Å². The Balaban J connectivity index is 2.81. The Labute approximate surface area is 128 Å². The van der Waals surface area contributed by atoms with Crippen LogP contribution in [0.1, 0.15) is 27.7 Å². The van der Waals surface area contributed by atoms with Crippen LogP contribution >= 0.6 is 0 Å². The lowest BCUT2D eigenvalue weighted by Crippen LogP contribution is -2.65. The van der Waals surface area contributed by atoms with Crippen LogP contribution in [0.25, 0.3) is 0 Å². The van der Waals surface area contributed by atoms with E-state index in [1.165, 1.54) is 7.11 Å². The van der Waals surface area contributed by atoms with E-state index < -0.39 is 20.3 Å². The molecular weight excluding hydrogens is 286 g/mol. The Bertz CT molecular complexity index is 453. The fourth-order valence-electron chi connectivity index (χ4n) is 2.16. The van der Waals surface area contributed by atoms with Crippen LogP contribution < -0.4 is 5.32 Å². The topological polar surface area (TPSA) is 64.6 Å². The van der Waals surface area contributed by atoms with Crippen molar-refractivity contribution in [2.45, 2.75) is 58.0 Å². The average Bonchev–Trinajstić information content (AvgIpc) is 2.31. The van der Waals surface area contributed by atoms with Crippen LogP contribution in [0.5, 0.6) is 0 Å². The van der Waals surface area contributed by atoms with Gasteiger partial charge in [0.15, 0.2) is 8.32 Å². The zero-order valence-corrected chi connectivity index (χ0v) is 15.1. The van der Waals surface area contributed by atoms with Gasteiger partial charge < -0.3 is 14.5 Å². The van der Waals surface area contributed by atoms with Crippen LogP contribution in [0.3, 0.4) is 0 Å². The molecule has 6 heteroatoms. The third-order valence-electron chi connectivity index (χ3n) is 4.58. The van der Waals surface area contributed by atoms with E-state index >= 15 is 0 Å². The standard InChI is InChI=1S/C15H27NO4Si/c1-9(14(18)19-6)12-11(13(17)16-12)10(2)20-21(7,8)15(3,4)5/h10-12H,1H2,2-8H3,(H,16,17)/t10-,11-,12-/m1/s1. The molecule has 0 spiro atoms. The molecule has 0 aromatic rings. The fourth-order valence-corrected chi connectivity index (χ4v) is 3.58. The van der Waals surface area contributed by atoms with Gasteiger partial charge in [0, 0.05) is 0 Å². The molecule has 5 nitrogen and oxygen atoms in total. The lowest BCUT2D eigenvalue weighted by Gasteiger charge is -2.45. The first kappa shape index (κ1) is 17.9. The first-order chi connectivity index (χ1) is 9.42. The summed E-state index contributed by atoms with van der Waals surface area (Å²) < 4.78 is 10.9. The summed E-state index contributed by atoms with van der Waals surface area (Å²) in [6.45, 7) is 16.4. The van der Waals surface area contributed by atoms with E-state index in [4.69, 9.17) is 4.43 Å². The summed E-state index contributed by atoms with van der Waals surface area (Å²) in [7, 11) is -0.664. The van der Waals surface area contributed by atoms with Gasteiger partial charge in [-0.05, 0) is 25.1 Å². The number of carbonyl (C=O) groups is 2. The highest BCUT2D eigenvalue weighted by molar-refractivity contribution is 6.74. The van der Waals surface area contributed by atoms with Crippen molar-refractivity contribution in [3.8, 4) is 0 Å². The molecule has 0 unspecified atom stereocenters. The minimum absolute atomic E-state index is 0.0658. The number of esters is 1. The van der Waals surface area contributed by atoms with E-state index in [1.807, 2.05) is 6.92 Å². The average molecular weight is 313 g/mol. The number of carbonyl (C=O) groups excluding carboxylic acids is 2. The lowest BCUT2D eigenvalue weighted by molar-refractivity contribution is -0.142. The van der Waals surface area contributed by atoms with Gasteiger partial charge >= 0.3 is 5.97 Å². The quantitative estimate of drug-likeness (QED) is 0.366. The molecule has 1 fully saturated rings. The summed E-state index contributed by atoms with van der Waals surface area (Å²) in [4.78, 5) is 23.4. The number of hydrogen-bond acceptors (Lipinski definition) is 4. The van der Waals surface area contributed by atoms with Gasteiger partial charge in [-0.25, -0.2) is 4.79 Å². The van der Waals surface area contributed by atoms with Crippen molar-refractivity contribution >= 4 is 20.2 Å². The van der Waals surface area contributed by atoms with Gasteiger partial charge in [-0.1, -0.05) is 27.4 Å². The Morgan fingerprint density at radius 2 is 1.90 bits per heavy atom. The van der Waals surface area contributed by atoms with Gasteiger partial charge in [0.05, 0.1) is 30.7 Å². The number of β-lactam (4-membered cyclic amide) rings is 1. The number of hydrogen-bond donors (Lipinski definition) is 1. The molecule has 0 aliphatic carbocycles. The molecule has 0 bridgehead atoms. The summed E-state index contributed by atoms with van der Waals surface area (Å²) in [5.41, 5.74) is 0.271. The predicted octanol–water partition coefficient (Wildman–Crippen LogP) is 2.24. The third-order valence-corrected chi connectivity index (χ3v) is 9.15. The van der Waals surface area contributed by atoms with Crippen molar-refractivity contribution in [1.82, 2.24) is 5.32 Å². The zero-order chi connectivity index (χ0) is 16.6.